The number of hydrogen-bond acceptors (Lipinski definition) is 2. The van der Waals surface area contributed by atoms with E-state index in [1.165, 1.54) is 30.0 Å². The first-order valence-electron chi connectivity index (χ1n) is 6.31. The molecule has 22 heavy (non-hydrogen) atoms. The van der Waals surface area contributed by atoms with E-state index in [-0.39, 0.29) is 16.3 Å². The van der Waals surface area contributed by atoms with Gasteiger partial charge in [-0.1, -0.05) is 46.9 Å². The number of hydrogen-bond donors (Lipinski definition) is 0. The van der Waals surface area contributed by atoms with E-state index in [0.29, 0.717) is 21.5 Å². The molecule has 1 aliphatic rings. The highest BCUT2D eigenvalue weighted by molar-refractivity contribution is 8.00. The van der Waals surface area contributed by atoms with Crippen LogP contribution in [-0.2, 0) is 4.79 Å². The van der Waals surface area contributed by atoms with E-state index >= 15 is 0 Å². The van der Waals surface area contributed by atoms with Crippen LogP contribution in [0.5, 0.6) is 0 Å². The predicted molar refractivity (Wildman–Crippen MR) is 90.6 cm³/mol. The summed E-state index contributed by atoms with van der Waals surface area (Å²) in [4.78, 5) is 13.8. The fourth-order valence-corrected chi connectivity index (χ4v) is 4.13. The molecule has 1 aliphatic heterocycles. The molecular weight excluding hydrogens is 368 g/mol. The molecule has 0 aromatic heterocycles. The first-order valence-corrected chi connectivity index (χ1v) is 8.50. The van der Waals surface area contributed by atoms with E-state index in [2.05, 4.69) is 0 Å². The van der Waals surface area contributed by atoms with Crippen LogP contribution in [0, 0.1) is 5.82 Å². The van der Waals surface area contributed by atoms with Gasteiger partial charge in [0.1, 0.15) is 11.2 Å². The van der Waals surface area contributed by atoms with Crippen LogP contribution in [0.25, 0.3) is 0 Å². The second-order valence-corrected chi connectivity index (χ2v) is 6.93. The maximum Gasteiger partial charge on any atom is 0.238 e. The topological polar surface area (TPSA) is 20.3 Å². The van der Waals surface area contributed by atoms with Crippen LogP contribution in [0.15, 0.2) is 36.4 Å². The van der Waals surface area contributed by atoms with Crippen LogP contribution in [0.1, 0.15) is 10.9 Å². The minimum atomic E-state index is -0.526. The fourth-order valence-electron chi connectivity index (χ4n) is 2.28. The van der Waals surface area contributed by atoms with Gasteiger partial charge in [-0.15, -0.1) is 11.8 Å². The summed E-state index contributed by atoms with van der Waals surface area (Å²) in [6.07, 6.45) is 0. The van der Waals surface area contributed by atoms with Crippen LogP contribution >= 0.6 is 46.6 Å². The van der Waals surface area contributed by atoms with E-state index in [4.69, 9.17) is 34.8 Å². The van der Waals surface area contributed by atoms with Crippen molar-refractivity contribution in [3.05, 3.63) is 62.8 Å². The van der Waals surface area contributed by atoms with Gasteiger partial charge in [0.05, 0.1) is 20.8 Å². The lowest BCUT2D eigenvalue weighted by atomic mass is 10.2. The van der Waals surface area contributed by atoms with Gasteiger partial charge in [0, 0.05) is 11.3 Å². The predicted octanol–water partition coefficient (Wildman–Crippen LogP) is 5.56. The lowest BCUT2D eigenvalue weighted by molar-refractivity contribution is -0.115. The standard InChI is InChI=1S/C15H9Cl3FNOS/c16-10-3-1-2-9(14(10)18)15-20(13(21)7-22-15)8-4-5-12(19)11(17)6-8/h1-6,15H,7H2. The van der Waals surface area contributed by atoms with Crippen LogP contribution in [0.3, 0.4) is 0 Å². The molecule has 1 heterocycles. The summed E-state index contributed by atoms with van der Waals surface area (Å²) in [6, 6.07) is 9.49. The summed E-state index contributed by atoms with van der Waals surface area (Å²) in [5, 5.41) is 0.490. The molecule has 114 valence electrons. The molecule has 0 N–H and O–H groups in total. The Kier molecular flexibility index (Phi) is 4.55. The van der Waals surface area contributed by atoms with Crippen LogP contribution in [0.4, 0.5) is 10.1 Å². The Morgan fingerprint density at radius 1 is 1.14 bits per heavy atom. The van der Waals surface area contributed by atoms with Crippen molar-refractivity contribution in [1.29, 1.82) is 0 Å². The molecule has 1 saturated heterocycles. The molecule has 0 saturated carbocycles. The highest BCUT2D eigenvalue weighted by atomic mass is 35.5. The lowest BCUT2D eigenvalue weighted by Gasteiger charge is -2.25. The first-order chi connectivity index (χ1) is 10.5. The van der Waals surface area contributed by atoms with Gasteiger partial charge < -0.3 is 0 Å². The van der Waals surface area contributed by atoms with Gasteiger partial charge in [0.25, 0.3) is 0 Å². The summed E-state index contributed by atoms with van der Waals surface area (Å²) < 4.78 is 13.3. The van der Waals surface area contributed by atoms with Crippen LogP contribution in [-0.4, -0.2) is 11.7 Å². The minimum Gasteiger partial charge on any atom is -0.295 e. The van der Waals surface area contributed by atoms with Crippen molar-refractivity contribution in [2.75, 3.05) is 10.7 Å². The SMILES string of the molecule is O=C1CSC(c2cccc(Cl)c2Cl)N1c1ccc(F)c(Cl)c1. The van der Waals surface area contributed by atoms with Crippen LogP contribution in [0.2, 0.25) is 15.1 Å². The third-order valence-electron chi connectivity index (χ3n) is 3.30. The first kappa shape index (κ1) is 15.9. The van der Waals surface area contributed by atoms with Gasteiger partial charge in [0.15, 0.2) is 0 Å². The number of nitrogens with zero attached hydrogens (tertiary/aromatic N) is 1. The number of amides is 1. The number of carbonyl (C=O) groups excluding carboxylic acids is 1. The Hall–Kier alpha value is -0.940. The Morgan fingerprint density at radius 3 is 2.64 bits per heavy atom. The summed E-state index contributed by atoms with van der Waals surface area (Å²) in [5.41, 5.74) is 1.27. The molecule has 0 bridgehead atoms. The van der Waals surface area contributed by atoms with Gasteiger partial charge in [-0.25, -0.2) is 4.39 Å². The third-order valence-corrected chi connectivity index (χ3v) is 5.61. The number of halogens is 4. The van der Waals surface area contributed by atoms with E-state index < -0.39 is 5.82 Å². The fraction of sp³-hybridized carbons (Fsp3) is 0.133. The Balaban J connectivity index is 2.06. The Labute approximate surface area is 146 Å². The largest absolute Gasteiger partial charge is 0.295 e. The maximum atomic E-state index is 13.3. The van der Waals surface area contributed by atoms with Gasteiger partial charge in [-0.2, -0.15) is 0 Å². The Bertz CT molecular complexity index is 756. The van der Waals surface area contributed by atoms with Crippen molar-refractivity contribution in [2.45, 2.75) is 5.37 Å². The van der Waals surface area contributed by atoms with Gasteiger partial charge >= 0.3 is 0 Å². The molecule has 7 heteroatoms. The molecule has 1 fully saturated rings. The number of benzene rings is 2. The van der Waals surface area contributed by atoms with E-state index in [0.717, 1.165) is 5.56 Å². The molecule has 3 rings (SSSR count). The summed E-state index contributed by atoms with van der Waals surface area (Å²) in [7, 11) is 0. The molecule has 0 spiro atoms. The number of rotatable bonds is 2. The van der Waals surface area contributed by atoms with Crippen LogP contribution < -0.4 is 4.90 Å². The van der Waals surface area contributed by atoms with Crippen molar-refractivity contribution in [2.24, 2.45) is 0 Å². The van der Waals surface area contributed by atoms with Crippen molar-refractivity contribution >= 4 is 58.2 Å². The van der Waals surface area contributed by atoms with Crippen molar-refractivity contribution in [3.63, 3.8) is 0 Å². The zero-order chi connectivity index (χ0) is 15.9. The minimum absolute atomic E-state index is 0.0295. The van der Waals surface area contributed by atoms with Gasteiger partial charge in [-0.05, 0) is 24.3 Å². The normalized spacial score (nSPS) is 18.1. The van der Waals surface area contributed by atoms with Crippen molar-refractivity contribution < 1.29 is 9.18 Å². The lowest BCUT2D eigenvalue weighted by Crippen LogP contribution is -2.28. The second-order valence-electron chi connectivity index (χ2n) is 4.67. The summed E-state index contributed by atoms with van der Waals surface area (Å²) >= 11 is 19.6. The molecular formula is C15H9Cl3FNOS. The monoisotopic (exact) mass is 375 g/mol. The number of thioether (sulfide) groups is 1. The van der Waals surface area contributed by atoms with Crippen molar-refractivity contribution in [3.8, 4) is 0 Å². The quantitative estimate of drug-likeness (QED) is 0.683. The molecule has 1 atom stereocenters. The molecule has 2 aromatic rings. The molecule has 1 amide bonds. The second kappa shape index (κ2) is 6.28. The van der Waals surface area contributed by atoms with E-state index in [1.807, 2.05) is 6.07 Å². The highest BCUT2D eigenvalue weighted by Crippen LogP contribution is 2.45. The average Bonchev–Trinajstić information content (AvgIpc) is 2.86. The third kappa shape index (κ3) is 2.81. The molecule has 0 aliphatic carbocycles. The number of anilines is 1. The molecule has 2 aromatic carbocycles. The summed E-state index contributed by atoms with van der Waals surface area (Å²) in [6.45, 7) is 0. The van der Waals surface area contributed by atoms with Gasteiger partial charge in [0.2, 0.25) is 5.91 Å². The summed E-state index contributed by atoms with van der Waals surface area (Å²) in [5.74, 6) is -0.307. The number of carbonyl (C=O) groups is 1. The molecule has 2 nitrogen and oxygen atoms in total. The maximum absolute atomic E-state index is 13.3. The van der Waals surface area contributed by atoms with E-state index in [1.54, 1.807) is 17.0 Å². The van der Waals surface area contributed by atoms with Gasteiger partial charge in [-0.3, -0.25) is 9.69 Å². The molecule has 0 radical (unpaired) electrons. The van der Waals surface area contributed by atoms with Crippen molar-refractivity contribution in [1.82, 2.24) is 0 Å². The Morgan fingerprint density at radius 2 is 1.91 bits per heavy atom. The van der Waals surface area contributed by atoms with E-state index in [9.17, 15) is 9.18 Å². The zero-order valence-electron chi connectivity index (χ0n) is 11.0. The zero-order valence-corrected chi connectivity index (χ0v) is 14.1. The average molecular weight is 377 g/mol. The molecule has 1 unspecified atom stereocenters. The highest BCUT2D eigenvalue weighted by Gasteiger charge is 2.35. The smallest absolute Gasteiger partial charge is 0.238 e.